The van der Waals surface area contributed by atoms with Crippen molar-refractivity contribution in [2.75, 3.05) is 52.4 Å². The molecule has 0 aliphatic carbocycles. The SMILES string of the molecule is CC(C)CNC(=O)N1CCN(C(=O)CCN2CCCC2)CC1. The van der Waals surface area contributed by atoms with Crippen LogP contribution in [0.3, 0.4) is 0 Å². The molecule has 2 rings (SSSR count). The molecule has 22 heavy (non-hydrogen) atoms. The van der Waals surface area contributed by atoms with Gasteiger partial charge in [-0.2, -0.15) is 0 Å². The van der Waals surface area contributed by atoms with Crippen molar-refractivity contribution in [3.8, 4) is 0 Å². The highest BCUT2D eigenvalue weighted by molar-refractivity contribution is 5.77. The third-order valence-electron chi connectivity index (χ3n) is 4.42. The van der Waals surface area contributed by atoms with Gasteiger partial charge in [0.1, 0.15) is 0 Å². The quantitative estimate of drug-likeness (QED) is 0.824. The Hall–Kier alpha value is -1.30. The molecule has 0 spiro atoms. The second-order valence-corrected chi connectivity index (χ2v) is 6.75. The highest BCUT2D eigenvalue weighted by Gasteiger charge is 2.24. The molecule has 0 bridgehead atoms. The van der Waals surface area contributed by atoms with Gasteiger partial charge < -0.3 is 20.0 Å². The van der Waals surface area contributed by atoms with Crippen molar-refractivity contribution >= 4 is 11.9 Å². The minimum absolute atomic E-state index is 0.00198. The molecule has 2 saturated heterocycles. The molecule has 6 nitrogen and oxygen atoms in total. The molecule has 2 aliphatic rings. The number of hydrogen-bond donors (Lipinski definition) is 1. The van der Waals surface area contributed by atoms with Crippen molar-refractivity contribution in [1.82, 2.24) is 20.0 Å². The number of carbonyl (C=O) groups excluding carboxylic acids is 2. The molecule has 6 heteroatoms. The summed E-state index contributed by atoms with van der Waals surface area (Å²) in [4.78, 5) is 30.3. The van der Waals surface area contributed by atoms with Gasteiger partial charge in [-0.25, -0.2) is 4.79 Å². The minimum atomic E-state index is -0.00198. The van der Waals surface area contributed by atoms with Crippen molar-refractivity contribution in [1.29, 1.82) is 0 Å². The Morgan fingerprint density at radius 1 is 0.955 bits per heavy atom. The Kier molecular flexibility index (Phi) is 6.49. The molecule has 0 aromatic rings. The molecule has 0 aromatic carbocycles. The number of piperazine rings is 1. The highest BCUT2D eigenvalue weighted by atomic mass is 16.2. The molecule has 2 heterocycles. The van der Waals surface area contributed by atoms with Crippen LogP contribution in [0, 0.1) is 5.92 Å². The van der Waals surface area contributed by atoms with Gasteiger partial charge in [0, 0.05) is 45.7 Å². The van der Waals surface area contributed by atoms with E-state index in [4.69, 9.17) is 0 Å². The van der Waals surface area contributed by atoms with Crippen LogP contribution in [0.1, 0.15) is 33.1 Å². The normalized spacial score (nSPS) is 19.8. The number of nitrogens with zero attached hydrogens (tertiary/aromatic N) is 3. The van der Waals surface area contributed by atoms with Crippen LogP contribution < -0.4 is 5.32 Å². The number of carbonyl (C=O) groups is 2. The summed E-state index contributed by atoms with van der Waals surface area (Å²) in [6, 6.07) is -0.00198. The Labute approximate surface area is 133 Å². The van der Waals surface area contributed by atoms with Gasteiger partial charge in [-0.05, 0) is 31.8 Å². The van der Waals surface area contributed by atoms with Gasteiger partial charge in [0.15, 0.2) is 0 Å². The monoisotopic (exact) mass is 310 g/mol. The number of hydrogen-bond acceptors (Lipinski definition) is 3. The number of rotatable bonds is 5. The number of likely N-dealkylation sites (tertiary alicyclic amines) is 1. The van der Waals surface area contributed by atoms with E-state index >= 15 is 0 Å². The number of amides is 3. The average Bonchev–Trinajstić information content (AvgIpc) is 3.03. The van der Waals surface area contributed by atoms with Gasteiger partial charge in [0.2, 0.25) is 5.91 Å². The molecule has 2 aliphatic heterocycles. The van der Waals surface area contributed by atoms with Crippen LogP contribution in [-0.4, -0.2) is 79.0 Å². The van der Waals surface area contributed by atoms with E-state index in [1.54, 1.807) is 0 Å². The lowest BCUT2D eigenvalue weighted by Gasteiger charge is -2.35. The summed E-state index contributed by atoms with van der Waals surface area (Å²) < 4.78 is 0. The predicted molar refractivity (Wildman–Crippen MR) is 86.7 cm³/mol. The molecule has 2 fully saturated rings. The van der Waals surface area contributed by atoms with E-state index in [2.05, 4.69) is 24.1 Å². The van der Waals surface area contributed by atoms with Crippen molar-refractivity contribution < 1.29 is 9.59 Å². The second kappa shape index (κ2) is 8.36. The molecular weight excluding hydrogens is 280 g/mol. The molecule has 0 radical (unpaired) electrons. The maximum absolute atomic E-state index is 12.2. The smallest absolute Gasteiger partial charge is 0.317 e. The Morgan fingerprint density at radius 3 is 2.14 bits per heavy atom. The van der Waals surface area contributed by atoms with Crippen LogP contribution in [0.15, 0.2) is 0 Å². The van der Waals surface area contributed by atoms with Crippen molar-refractivity contribution in [3.63, 3.8) is 0 Å². The predicted octanol–water partition coefficient (Wildman–Crippen LogP) is 0.982. The first-order valence-electron chi connectivity index (χ1n) is 8.59. The molecule has 0 aromatic heterocycles. The lowest BCUT2D eigenvalue weighted by Crippen LogP contribution is -2.53. The zero-order valence-electron chi connectivity index (χ0n) is 14.0. The fraction of sp³-hybridized carbons (Fsp3) is 0.875. The topological polar surface area (TPSA) is 55.9 Å². The zero-order chi connectivity index (χ0) is 15.9. The minimum Gasteiger partial charge on any atom is -0.339 e. The van der Waals surface area contributed by atoms with E-state index in [0.29, 0.717) is 45.1 Å². The van der Waals surface area contributed by atoms with E-state index in [0.717, 1.165) is 19.6 Å². The first-order chi connectivity index (χ1) is 10.6. The second-order valence-electron chi connectivity index (χ2n) is 6.75. The Bertz CT molecular complexity index is 372. The van der Waals surface area contributed by atoms with Gasteiger partial charge in [-0.3, -0.25) is 4.79 Å². The Balaban J connectivity index is 1.65. The summed E-state index contributed by atoms with van der Waals surface area (Å²) in [7, 11) is 0. The van der Waals surface area contributed by atoms with E-state index in [1.165, 1.54) is 12.8 Å². The molecule has 3 amide bonds. The third-order valence-corrected chi connectivity index (χ3v) is 4.42. The van der Waals surface area contributed by atoms with Gasteiger partial charge in [0.25, 0.3) is 0 Å². The van der Waals surface area contributed by atoms with Crippen LogP contribution >= 0.6 is 0 Å². The molecule has 1 N–H and O–H groups in total. The fourth-order valence-electron chi connectivity index (χ4n) is 2.98. The van der Waals surface area contributed by atoms with E-state index in [1.807, 2.05) is 9.80 Å². The maximum Gasteiger partial charge on any atom is 0.317 e. The van der Waals surface area contributed by atoms with Crippen molar-refractivity contribution in [2.24, 2.45) is 5.92 Å². The molecule has 0 saturated carbocycles. The molecule has 0 unspecified atom stereocenters. The number of nitrogens with one attached hydrogen (secondary N) is 1. The first kappa shape index (κ1) is 17.1. The van der Waals surface area contributed by atoms with Crippen LogP contribution in [0.25, 0.3) is 0 Å². The lowest BCUT2D eigenvalue weighted by molar-refractivity contribution is -0.132. The zero-order valence-corrected chi connectivity index (χ0v) is 14.0. The van der Waals surface area contributed by atoms with Gasteiger partial charge in [0.05, 0.1) is 0 Å². The fourth-order valence-corrected chi connectivity index (χ4v) is 2.98. The van der Waals surface area contributed by atoms with Crippen molar-refractivity contribution in [3.05, 3.63) is 0 Å². The first-order valence-corrected chi connectivity index (χ1v) is 8.59. The summed E-state index contributed by atoms with van der Waals surface area (Å²) in [5.74, 6) is 0.687. The summed E-state index contributed by atoms with van der Waals surface area (Å²) in [6.45, 7) is 10.6. The van der Waals surface area contributed by atoms with Crippen molar-refractivity contribution in [2.45, 2.75) is 33.1 Å². The Morgan fingerprint density at radius 2 is 1.55 bits per heavy atom. The summed E-state index contributed by atoms with van der Waals surface area (Å²) in [5, 5.41) is 2.93. The van der Waals surface area contributed by atoms with Crippen LogP contribution in [0.2, 0.25) is 0 Å². The molecular formula is C16H30N4O2. The average molecular weight is 310 g/mol. The van der Waals surface area contributed by atoms with Crippen LogP contribution in [-0.2, 0) is 4.79 Å². The van der Waals surface area contributed by atoms with Gasteiger partial charge in [-0.15, -0.1) is 0 Å². The third kappa shape index (κ3) is 5.16. The lowest BCUT2D eigenvalue weighted by atomic mass is 10.2. The van der Waals surface area contributed by atoms with E-state index < -0.39 is 0 Å². The standard InChI is InChI=1S/C16H30N4O2/c1-14(2)13-17-16(22)20-11-9-19(10-12-20)15(21)5-8-18-6-3-4-7-18/h14H,3-13H2,1-2H3,(H,17,22). The van der Waals surface area contributed by atoms with E-state index in [9.17, 15) is 9.59 Å². The van der Waals surface area contributed by atoms with Crippen LogP contribution in [0.5, 0.6) is 0 Å². The summed E-state index contributed by atoms with van der Waals surface area (Å²) in [6.07, 6.45) is 3.14. The molecule has 0 atom stereocenters. The van der Waals surface area contributed by atoms with Gasteiger partial charge in [-0.1, -0.05) is 13.8 Å². The number of urea groups is 1. The summed E-state index contributed by atoms with van der Waals surface area (Å²) in [5.41, 5.74) is 0. The highest BCUT2D eigenvalue weighted by Crippen LogP contribution is 2.09. The van der Waals surface area contributed by atoms with E-state index in [-0.39, 0.29) is 11.9 Å². The largest absolute Gasteiger partial charge is 0.339 e. The maximum atomic E-state index is 12.2. The molecule has 126 valence electrons. The summed E-state index contributed by atoms with van der Waals surface area (Å²) >= 11 is 0. The van der Waals surface area contributed by atoms with Gasteiger partial charge >= 0.3 is 6.03 Å². The van der Waals surface area contributed by atoms with Crippen LogP contribution in [0.4, 0.5) is 4.79 Å².